The molecular formula is C15H16O9. The van der Waals surface area contributed by atoms with Gasteiger partial charge >= 0.3 is 5.63 Å². The largest absolute Gasteiger partial charge is 0.508 e. The highest BCUT2D eigenvalue weighted by molar-refractivity contribution is 5.82. The summed E-state index contributed by atoms with van der Waals surface area (Å²) >= 11 is 0. The molecule has 0 bridgehead atoms. The molecule has 1 aromatic heterocycles. The van der Waals surface area contributed by atoms with Gasteiger partial charge in [0.1, 0.15) is 35.7 Å². The van der Waals surface area contributed by atoms with Crippen molar-refractivity contribution in [1.82, 2.24) is 0 Å². The Bertz CT molecular complexity index is 814. The second-order valence-electron chi connectivity index (χ2n) is 5.62. The summed E-state index contributed by atoms with van der Waals surface area (Å²) in [7, 11) is 0. The fourth-order valence-corrected chi connectivity index (χ4v) is 2.82. The summed E-state index contributed by atoms with van der Waals surface area (Å²) < 4.78 is 10.1. The summed E-state index contributed by atoms with van der Waals surface area (Å²) in [6.07, 6.45) is -6.87. The summed E-state index contributed by atoms with van der Waals surface area (Å²) in [4.78, 5) is 11.7. The highest BCUT2D eigenvalue weighted by Crippen LogP contribution is 2.39. The van der Waals surface area contributed by atoms with E-state index >= 15 is 0 Å². The Labute approximate surface area is 134 Å². The Morgan fingerprint density at radius 3 is 2.50 bits per heavy atom. The van der Waals surface area contributed by atoms with Crippen molar-refractivity contribution < 1.29 is 39.8 Å². The zero-order valence-electron chi connectivity index (χ0n) is 12.2. The monoisotopic (exact) mass is 340 g/mol. The van der Waals surface area contributed by atoms with Crippen LogP contribution in [-0.2, 0) is 10.5 Å². The number of aliphatic hydroxyl groups is 5. The third kappa shape index (κ3) is 2.47. The molecule has 2 heterocycles. The molecule has 1 aliphatic rings. The van der Waals surface area contributed by atoms with E-state index < -0.39 is 42.4 Å². The van der Waals surface area contributed by atoms with Gasteiger partial charge in [0.2, 0.25) is 5.79 Å². The van der Waals surface area contributed by atoms with Gasteiger partial charge in [-0.25, -0.2) is 4.79 Å². The fourth-order valence-electron chi connectivity index (χ4n) is 2.82. The number of fused-ring (bicyclic) bond motifs is 1. The molecule has 6 N–H and O–H groups in total. The minimum absolute atomic E-state index is 0.0807. The minimum atomic E-state index is -2.59. The van der Waals surface area contributed by atoms with E-state index in [4.69, 9.17) is 9.15 Å². The van der Waals surface area contributed by atoms with Crippen LogP contribution in [0.3, 0.4) is 0 Å². The van der Waals surface area contributed by atoms with Crippen LogP contribution in [0.15, 0.2) is 33.5 Å². The van der Waals surface area contributed by atoms with Crippen LogP contribution in [0.5, 0.6) is 5.75 Å². The fraction of sp³-hybridized carbons (Fsp3) is 0.400. The number of phenols is 1. The molecule has 1 fully saturated rings. The third-order valence-electron chi connectivity index (χ3n) is 4.08. The highest BCUT2D eigenvalue weighted by atomic mass is 16.7. The normalized spacial score (nSPS) is 33.7. The number of hydrogen-bond donors (Lipinski definition) is 6. The van der Waals surface area contributed by atoms with E-state index in [1.807, 2.05) is 0 Å². The molecule has 9 nitrogen and oxygen atoms in total. The van der Waals surface area contributed by atoms with E-state index in [-0.39, 0.29) is 22.3 Å². The van der Waals surface area contributed by atoms with Crippen molar-refractivity contribution in [1.29, 1.82) is 0 Å². The molecule has 0 radical (unpaired) electrons. The van der Waals surface area contributed by atoms with Gasteiger partial charge in [-0.1, -0.05) is 0 Å². The topological polar surface area (TPSA) is 161 Å². The SMILES string of the molecule is O=c1cc([C@@]2(O)O[C@H](CO)[C@H](O)[C@H](O)[C@H]2O)c2ccc(O)cc2o1. The van der Waals surface area contributed by atoms with Gasteiger partial charge < -0.3 is 39.8 Å². The number of aliphatic hydroxyl groups excluding tert-OH is 4. The average molecular weight is 340 g/mol. The summed E-state index contributed by atoms with van der Waals surface area (Å²) in [6.45, 7) is -0.743. The van der Waals surface area contributed by atoms with Crippen molar-refractivity contribution in [2.24, 2.45) is 0 Å². The van der Waals surface area contributed by atoms with Crippen molar-refractivity contribution in [3.05, 3.63) is 40.2 Å². The maximum atomic E-state index is 11.7. The number of benzene rings is 1. The Morgan fingerprint density at radius 2 is 1.83 bits per heavy atom. The van der Waals surface area contributed by atoms with Crippen LogP contribution < -0.4 is 5.63 Å². The summed E-state index contributed by atoms with van der Waals surface area (Å²) in [5.41, 5.74) is -1.21. The molecule has 0 saturated carbocycles. The molecule has 0 spiro atoms. The molecule has 5 atom stereocenters. The molecule has 1 aliphatic heterocycles. The zero-order valence-corrected chi connectivity index (χ0v) is 12.2. The Morgan fingerprint density at radius 1 is 1.12 bits per heavy atom. The van der Waals surface area contributed by atoms with Crippen LogP contribution in [0.25, 0.3) is 11.0 Å². The maximum absolute atomic E-state index is 11.7. The number of rotatable bonds is 2. The zero-order chi connectivity index (χ0) is 17.6. The quantitative estimate of drug-likeness (QED) is 0.344. The summed E-state index contributed by atoms with van der Waals surface area (Å²) in [6, 6.07) is 4.58. The number of phenolic OH excluding ortho intramolecular Hbond substituents is 1. The molecule has 1 saturated heterocycles. The predicted octanol–water partition coefficient (Wildman–Crippen LogP) is -1.88. The van der Waals surface area contributed by atoms with Crippen LogP contribution in [0.4, 0.5) is 0 Å². The Hall–Kier alpha value is -2.01. The summed E-state index contributed by atoms with van der Waals surface area (Å²) in [5, 5.41) is 59.6. The lowest BCUT2D eigenvalue weighted by Crippen LogP contribution is -2.63. The first kappa shape index (κ1) is 16.8. The third-order valence-corrected chi connectivity index (χ3v) is 4.08. The average Bonchev–Trinajstić information content (AvgIpc) is 2.55. The van der Waals surface area contributed by atoms with E-state index in [1.54, 1.807) is 0 Å². The number of hydrogen-bond acceptors (Lipinski definition) is 9. The molecule has 1 aromatic carbocycles. The van der Waals surface area contributed by atoms with Gasteiger partial charge in [-0.3, -0.25) is 0 Å². The van der Waals surface area contributed by atoms with E-state index in [0.717, 1.165) is 12.1 Å². The first-order chi connectivity index (χ1) is 11.3. The van der Waals surface area contributed by atoms with Crippen molar-refractivity contribution >= 4 is 11.0 Å². The van der Waals surface area contributed by atoms with Gasteiger partial charge in [0.05, 0.1) is 6.61 Å². The van der Waals surface area contributed by atoms with Crippen LogP contribution in [-0.4, -0.2) is 61.7 Å². The number of ether oxygens (including phenoxy) is 1. The van der Waals surface area contributed by atoms with E-state index in [9.17, 15) is 35.4 Å². The van der Waals surface area contributed by atoms with E-state index in [2.05, 4.69) is 0 Å². The predicted molar refractivity (Wildman–Crippen MR) is 78.0 cm³/mol. The Kier molecular flexibility index (Phi) is 4.08. The van der Waals surface area contributed by atoms with Crippen molar-refractivity contribution in [2.75, 3.05) is 6.61 Å². The molecule has 3 rings (SSSR count). The van der Waals surface area contributed by atoms with Gasteiger partial charge in [-0.2, -0.15) is 0 Å². The molecule has 2 aromatic rings. The van der Waals surface area contributed by atoms with Crippen molar-refractivity contribution in [3.63, 3.8) is 0 Å². The van der Waals surface area contributed by atoms with Crippen molar-refractivity contribution in [2.45, 2.75) is 30.2 Å². The van der Waals surface area contributed by atoms with Gasteiger partial charge in [0.15, 0.2) is 0 Å². The second-order valence-corrected chi connectivity index (χ2v) is 5.62. The van der Waals surface area contributed by atoms with Gasteiger partial charge in [-0.05, 0) is 12.1 Å². The molecule has 0 aliphatic carbocycles. The molecule has 130 valence electrons. The van der Waals surface area contributed by atoms with Gasteiger partial charge in [-0.15, -0.1) is 0 Å². The molecule has 0 unspecified atom stereocenters. The smallest absolute Gasteiger partial charge is 0.336 e. The minimum Gasteiger partial charge on any atom is -0.508 e. The van der Waals surface area contributed by atoms with Crippen LogP contribution in [0.1, 0.15) is 5.56 Å². The lowest BCUT2D eigenvalue weighted by atomic mass is 9.87. The standard InChI is InChI=1S/C15H16O9/c16-5-10-12(19)13(20)14(21)15(22,24-10)8-4-11(18)23-9-3-6(17)1-2-7(8)9/h1-4,10,12-14,16-17,19-22H,5H2/t10-,12+,13+,14-,15-/m1/s1. The first-order valence-electron chi connectivity index (χ1n) is 7.10. The van der Waals surface area contributed by atoms with Gasteiger partial charge in [0.25, 0.3) is 0 Å². The number of aromatic hydroxyl groups is 1. The van der Waals surface area contributed by atoms with E-state index in [1.165, 1.54) is 12.1 Å². The molecule has 24 heavy (non-hydrogen) atoms. The molecule has 9 heteroatoms. The first-order valence-corrected chi connectivity index (χ1v) is 7.10. The Balaban J connectivity index is 2.23. The van der Waals surface area contributed by atoms with E-state index in [0.29, 0.717) is 0 Å². The van der Waals surface area contributed by atoms with Crippen LogP contribution >= 0.6 is 0 Å². The maximum Gasteiger partial charge on any atom is 0.336 e. The van der Waals surface area contributed by atoms with Crippen molar-refractivity contribution in [3.8, 4) is 5.75 Å². The molecular weight excluding hydrogens is 324 g/mol. The van der Waals surface area contributed by atoms with Crippen LogP contribution in [0.2, 0.25) is 0 Å². The highest BCUT2D eigenvalue weighted by Gasteiger charge is 2.54. The van der Waals surface area contributed by atoms with Crippen LogP contribution in [0, 0.1) is 0 Å². The lowest BCUT2D eigenvalue weighted by molar-refractivity contribution is -0.357. The second kappa shape index (κ2) is 5.81. The lowest BCUT2D eigenvalue weighted by Gasteiger charge is -2.45. The van der Waals surface area contributed by atoms with Gasteiger partial charge in [0, 0.05) is 23.1 Å². The summed E-state index contributed by atoms with van der Waals surface area (Å²) in [5.74, 6) is -2.78. The molecule has 0 amide bonds.